The highest BCUT2D eigenvalue weighted by Gasteiger charge is 2.28. The van der Waals surface area contributed by atoms with E-state index in [1.54, 1.807) is 6.07 Å². The Labute approximate surface area is 184 Å². The predicted molar refractivity (Wildman–Crippen MR) is 112 cm³/mol. The van der Waals surface area contributed by atoms with Crippen molar-refractivity contribution in [3.63, 3.8) is 0 Å². The van der Waals surface area contributed by atoms with Crippen LogP contribution in [0.1, 0.15) is 22.7 Å². The van der Waals surface area contributed by atoms with Crippen LogP contribution in [0.25, 0.3) is 0 Å². The molecule has 2 amide bonds. The van der Waals surface area contributed by atoms with E-state index in [-0.39, 0.29) is 24.5 Å². The first-order chi connectivity index (χ1) is 15.3. The Balaban J connectivity index is 1.50. The number of hydrogen-bond donors (Lipinski definition) is 2. The number of halogens is 3. The summed E-state index contributed by atoms with van der Waals surface area (Å²) in [5.41, 5.74) is 2.93. The lowest BCUT2D eigenvalue weighted by molar-refractivity contribution is -0.154. The van der Waals surface area contributed by atoms with E-state index in [2.05, 4.69) is 37.4 Å². The van der Waals surface area contributed by atoms with E-state index < -0.39 is 12.8 Å². The maximum Gasteiger partial charge on any atom is 0.422 e. The molecule has 174 valence electrons. The van der Waals surface area contributed by atoms with Gasteiger partial charge < -0.3 is 20.1 Å². The van der Waals surface area contributed by atoms with Gasteiger partial charge in [0.1, 0.15) is 0 Å². The third kappa shape index (κ3) is 7.69. The predicted octanol–water partition coefficient (Wildman–Crippen LogP) is 3.20. The van der Waals surface area contributed by atoms with E-state index in [1.807, 2.05) is 19.1 Å². The molecule has 10 heteroatoms. The van der Waals surface area contributed by atoms with Crippen molar-refractivity contribution in [1.29, 1.82) is 0 Å². The number of benzene rings is 1. The molecule has 0 bridgehead atoms. The van der Waals surface area contributed by atoms with E-state index in [0.717, 1.165) is 24.2 Å². The molecule has 1 fully saturated rings. The molecular weight excluding hydrogens is 425 g/mol. The summed E-state index contributed by atoms with van der Waals surface area (Å²) in [5.74, 6) is -0.123. The number of hydrogen-bond acceptors (Lipinski definition) is 5. The summed E-state index contributed by atoms with van der Waals surface area (Å²) in [6.07, 6.45) is -3.05. The molecule has 1 aliphatic rings. The number of nitrogens with zero attached hydrogens (tertiary/aromatic N) is 2. The minimum atomic E-state index is -4.42. The van der Waals surface area contributed by atoms with E-state index in [1.165, 1.54) is 12.3 Å². The van der Waals surface area contributed by atoms with Crippen LogP contribution >= 0.6 is 0 Å². The molecule has 1 atom stereocenters. The van der Waals surface area contributed by atoms with E-state index in [4.69, 9.17) is 4.74 Å². The van der Waals surface area contributed by atoms with E-state index in [0.29, 0.717) is 25.3 Å². The van der Waals surface area contributed by atoms with Crippen molar-refractivity contribution in [1.82, 2.24) is 20.5 Å². The maximum atomic E-state index is 12.3. The van der Waals surface area contributed by atoms with Gasteiger partial charge in [-0.2, -0.15) is 13.2 Å². The van der Waals surface area contributed by atoms with Gasteiger partial charge in [-0.1, -0.05) is 35.9 Å². The van der Waals surface area contributed by atoms with Crippen LogP contribution in [0, 0.1) is 6.92 Å². The summed E-state index contributed by atoms with van der Waals surface area (Å²) >= 11 is 0. The monoisotopic (exact) mass is 452 g/mol. The van der Waals surface area contributed by atoms with Crippen LogP contribution < -0.4 is 15.4 Å². The lowest BCUT2D eigenvalue weighted by Crippen LogP contribution is -2.45. The van der Waals surface area contributed by atoms with Gasteiger partial charge in [0.05, 0.1) is 19.3 Å². The fourth-order valence-electron chi connectivity index (χ4n) is 3.42. The highest BCUT2D eigenvalue weighted by Crippen LogP contribution is 2.22. The fourth-order valence-corrected chi connectivity index (χ4v) is 3.42. The van der Waals surface area contributed by atoms with Gasteiger partial charge in [-0.3, -0.25) is 4.90 Å². The second-order valence-corrected chi connectivity index (χ2v) is 7.55. The van der Waals surface area contributed by atoms with Gasteiger partial charge in [0.25, 0.3) is 0 Å². The van der Waals surface area contributed by atoms with Crippen LogP contribution in [0.5, 0.6) is 5.88 Å². The van der Waals surface area contributed by atoms with Gasteiger partial charge in [0, 0.05) is 38.4 Å². The number of pyridine rings is 1. The van der Waals surface area contributed by atoms with Crippen LogP contribution in [0.2, 0.25) is 0 Å². The number of carbonyl (C=O) groups excluding carboxylic acids is 1. The lowest BCUT2D eigenvalue weighted by atomic mass is 10.0. The summed E-state index contributed by atoms with van der Waals surface area (Å²) in [6.45, 7) is 4.14. The molecule has 0 saturated carbocycles. The topological polar surface area (TPSA) is 75.7 Å². The Bertz CT molecular complexity index is 871. The summed E-state index contributed by atoms with van der Waals surface area (Å²) in [4.78, 5) is 18.5. The number of aryl methyl sites for hydroxylation is 1. The smallest absolute Gasteiger partial charge is 0.422 e. The van der Waals surface area contributed by atoms with Crippen LogP contribution in [0.3, 0.4) is 0 Å². The Kier molecular flexibility index (Phi) is 8.29. The number of rotatable bonds is 8. The number of alkyl halides is 3. The maximum absolute atomic E-state index is 12.3. The standard InChI is InChI=1S/C22H27F3N4O3/c1-16-3-2-4-18(11-16)19(29-7-9-31-10-8-29)14-28-21(30)27-13-17-5-6-20(26-12-17)32-15-22(23,24)25/h2-6,11-12,19H,7-10,13-15H2,1H3,(H2,27,28,30). The number of ether oxygens (including phenoxy) is 2. The number of carbonyl (C=O) groups is 1. The van der Waals surface area contributed by atoms with Gasteiger partial charge in [-0.15, -0.1) is 0 Å². The van der Waals surface area contributed by atoms with Crippen molar-refractivity contribution >= 4 is 6.03 Å². The second-order valence-electron chi connectivity index (χ2n) is 7.55. The SMILES string of the molecule is Cc1cccc(C(CNC(=O)NCc2ccc(OCC(F)(F)F)nc2)N2CCOCC2)c1. The summed E-state index contributed by atoms with van der Waals surface area (Å²) in [5, 5.41) is 5.66. The summed E-state index contributed by atoms with van der Waals surface area (Å²) in [7, 11) is 0. The van der Waals surface area contributed by atoms with Gasteiger partial charge in [0.15, 0.2) is 6.61 Å². The molecule has 2 heterocycles. The first kappa shape index (κ1) is 23.8. The minimum absolute atomic E-state index is 0.0243. The van der Waals surface area contributed by atoms with Crippen molar-refractivity contribution in [2.75, 3.05) is 39.5 Å². The van der Waals surface area contributed by atoms with Crippen molar-refractivity contribution in [3.05, 3.63) is 59.3 Å². The molecule has 2 N–H and O–H groups in total. The average molecular weight is 452 g/mol. The first-order valence-electron chi connectivity index (χ1n) is 10.3. The molecule has 32 heavy (non-hydrogen) atoms. The van der Waals surface area contributed by atoms with Crippen molar-refractivity contribution in [2.24, 2.45) is 0 Å². The third-order valence-corrected chi connectivity index (χ3v) is 5.00. The van der Waals surface area contributed by atoms with Gasteiger partial charge in [0.2, 0.25) is 5.88 Å². The fraction of sp³-hybridized carbons (Fsp3) is 0.455. The third-order valence-electron chi connectivity index (χ3n) is 5.00. The van der Waals surface area contributed by atoms with Crippen LogP contribution in [-0.4, -0.2) is 61.5 Å². The van der Waals surface area contributed by atoms with Crippen molar-refractivity contribution in [2.45, 2.75) is 25.7 Å². The van der Waals surface area contributed by atoms with E-state index >= 15 is 0 Å². The molecule has 1 aliphatic heterocycles. The molecular formula is C22H27F3N4O3. The molecule has 0 spiro atoms. The van der Waals surface area contributed by atoms with Crippen LogP contribution in [0.4, 0.5) is 18.0 Å². The van der Waals surface area contributed by atoms with Crippen LogP contribution in [0.15, 0.2) is 42.6 Å². The summed E-state index contributed by atoms with van der Waals surface area (Å²) < 4.78 is 46.6. The molecule has 2 aromatic rings. The molecule has 1 aromatic carbocycles. The van der Waals surface area contributed by atoms with Gasteiger partial charge >= 0.3 is 12.2 Å². The van der Waals surface area contributed by atoms with Crippen molar-refractivity contribution in [3.8, 4) is 5.88 Å². The first-order valence-corrected chi connectivity index (χ1v) is 10.3. The molecule has 3 rings (SSSR count). The molecule has 1 saturated heterocycles. The van der Waals surface area contributed by atoms with Gasteiger partial charge in [-0.25, -0.2) is 9.78 Å². The summed E-state index contributed by atoms with van der Waals surface area (Å²) in [6, 6.07) is 10.8. The molecule has 0 radical (unpaired) electrons. The zero-order valence-electron chi connectivity index (χ0n) is 17.8. The quantitative estimate of drug-likeness (QED) is 0.644. The lowest BCUT2D eigenvalue weighted by Gasteiger charge is -2.35. The highest BCUT2D eigenvalue weighted by atomic mass is 19.4. The number of urea groups is 1. The minimum Gasteiger partial charge on any atom is -0.468 e. The number of amides is 2. The Morgan fingerprint density at radius 2 is 2.00 bits per heavy atom. The second kappa shape index (κ2) is 11.1. The zero-order valence-corrected chi connectivity index (χ0v) is 17.8. The molecule has 1 unspecified atom stereocenters. The Hall–Kier alpha value is -2.85. The number of aromatic nitrogens is 1. The van der Waals surface area contributed by atoms with Gasteiger partial charge in [-0.05, 0) is 18.1 Å². The Morgan fingerprint density at radius 3 is 2.66 bits per heavy atom. The molecule has 1 aromatic heterocycles. The molecule has 7 nitrogen and oxygen atoms in total. The molecule has 0 aliphatic carbocycles. The average Bonchev–Trinajstić information content (AvgIpc) is 2.77. The number of morpholine rings is 1. The van der Waals surface area contributed by atoms with Crippen molar-refractivity contribution < 1.29 is 27.4 Å². The largest absolute Gasteiger partial charge is 0.468 e. The normalized spacial score (nSPS) is 15.8. The zero-order chi connectivity index (χ0) is 23.0. The number of nitrogens with one attached hydrogen (secondary N) is 2. The highest BCUT2D eigenvalue weighted by molar-refractivity contribution is 5.73. The van der Waals surface area contributed by atoms with E-state index in [9.17, 15) is 18.0 Å². The van der Waals surface area contributed by atoms with Crippen LogP contribution in [-0.2, 0) is 11.3 Å². The Morgan fingerprint density at radius 1 is 1.22 bits per heavy atom.